The van der Waals surface area contributed by atoms with Crippen LogP contribution < -0.4 is 21.7 Å². The summed E-state index contributed by atoms with van der Waals surface area (Å²) < 4.78 is 0. The van der Waals surface area contributed by atoms with Crippen molar-refractivity contribution in [1.82, 2.24) is 9.97 Å². The molecule has 7 N–H and O–H groups in total. The molecule has 0 aliphatic heterocycles. The lowest BCUT2D eigenvalue weighted by Gasteiger charge is -2.10. The molecule has 0 atom stereocenters. The third kappa shape index (κ3) is 6.19. The van der Waals surface area contributed by atoms with Gasteiger partial charge in [0, 0.05) is 45.8 Å². The van der Waals surface area contributed by atoms with E-state index in [1.165, 1.54) is 11.3 Å². The summed E-state index contributed by atoms with van der Waals surface area (Å²) in [4.78, 5) is 34.1. The molecule has 0 spiro atoms. The number of hydrogen-bond acceptors (Lipinski definition) is 7. The number of aromatic nitrogens is 2. The van der Waals surface area contributed by atoms with Crippen molar-refractivity contribution in [2.24, 2.45) is 0 Å². The van der Waals surface area contributed by atoms with Crippen LogP contribution in [0.2, 0.25) is 0 Å². The van der Waals surface area contributed by atoms with Gasteiger partial charge in [-0.15, -0.1) is 11.3 Å². The van der Waals surface area contributed by atoms with Gasteiger partial charge in [-0.05, 0) is 66.7 Å². The van der Waals surface area contributed by atoms with Crippen LogP contribution in [0.5, 0.6) is 0 Å². The first-order valence-corrected chi connectivity index (χ1v) is 12.2. The predicted molar refractivity (Wildman–Crippen MR) is 152 cm³/mol. The second kappa shape index (κ2) is 11.8. The van der Waals surface area contributed by atoms with Gasteiger partial charge in [0.1, 0.15) is 0 Å². The fourth-order valence-electron chi connectivity index (χ4n) is 3.56. The SMILES string of the molecule is Nc1ccccc1NC(=O)c1ccc(C(=O)Nc2cccc(Nc3nc(-c4cccnc4)cs3)c2)cc1.O. The van der Waals surface area contributed by atoms with E-state index in [-0.39, 0.29) is 17.3 Å². The standard InChI is InChI=1S/C28H22N6O2S.H2O/c29-23-8-1-2-9-24(23)33-27(36)19-12-10-18(11-13-19)26(35)31-21-6-3-7-22(15-21)32-28-34-25(17-37-28)20-5-4-14-30-16-20;/h1-17H,29H2,(H,31,35)(H,32,34)(H,33,36);1H2. The van der Waals surface area contributed by atoms with Gasteiger partial charge in [0.25, 0.3) is 11.8 Å². The molecule has 0 radical (unpaired) electrons. The molecule has 0 unspecified atom stereocenters. The highest BCUT2D eigenvalue weighted by Gasteiger charge is 2.11. The molecule has 5 aromatic rings. The molecule has 10 heteroatoms. The van der Waals surface area contributed by atoms with Crippen molar-refractivity contribution < 1.29 is 15.1 Å². The number of nitrogens with one attached hydrogen (secondary N) is 3. The van der Waals surface area contributed by atoms with Crippen molar-refractivity contribution in [2.45, 2.75) is 0 Å². The minimum absolute atomic E-state index is 0. The van der Waals surface area contributed by atoms with E-state index >= 15 is 0 Å². The molecule has 9 nitrogen and oxygen atoms in total. The van der Waals surface area contributed by atoms with Gasteiger partial charge >= 0.3 is 0 Å². The van der Waals surface area contributed by atoms with Crippen LogP contribution >= 0.6 is 11.3 Å². The van der Waals surface area contributed by atoms with Gasteiger partial charge < -0.3 is 27.2 Å². The zero-order valence-corrected chi connectivity index (χ0v) is 20.8. The number of amides is 2. The minimum atomic E-state index is -0.308. The van der Waals surface area contributed by atoms with Crippen LogP contribution in [-0.4, -0.2) is 27.3 Å². The second-order valence-corrected chi connectivity index (χ2v) is 8.92. The quantitative estimate of drug-likeness (QED) is 0.214. The summed E-state index contributed by atoms with van der Waals surface area (Å²) in [6.07, 6.45) is 3.50. The Morgan fingerprint density at radius 3 is 2.21 bits per heavy atom. The average Bonchev–Trinajstić information content (AvgIpc) is 3.39. The number of anilines is 5. The van der Waals surface area contributed by atoms with Gasteiger partial charge in [-0.1, -0.05) is 18.2 Å². The number of hydrogen-bond donors (Lipinski definition) is 4. The molecule has 0 bridgehead atoms. The Labute approximate surface area is 222 Å². The zero-order valence-electron chi connectivity index (χ0n) is 20.0. The lowest BCUT2D eigenvalue weighted by atomic mass is 10.1. The number of thiazole rings is 1. The Balaban J connectivity index is 0.00000336. The van der Waals surface area contributed by atoms with Crippen molar-refractivity contribution in [2.75, 3.05) is 21.7 Å². The average molecular weight is 525 g/mol. The Hall–Kier alpha value is -5.06. The first kappa shape index (κ1) is 26.0. The molecule has 2 heterocycles. The number of benzene rings is 3. The molecule has 2 amide bonds. The molecule has 2 aromatic heterocycles. The summed E-state index contributed by atoms with van der Waals surface area (Å²) in [6, 6.07) is 24.6. The van der Waals surface area contributed by atoms with Crippen LogP contribution in [0, 0.1) is 0 Å². The van der Waals surface area contributed by atoms with Crippen LogP contribution in [-0.2, 0) is 0 Å². The fourth-order valence-corrected chi connectivity index (χ4v) is 4.30. The van der Waals surface area contributed by atoms with E-state index < -0.39 is 0 Å². The number of carbonyl (C=O) groups excluding carboxylic acids is 2. The van der Waals surface area contributed by atoms with Gasteiger partial charge in [0.05, 0.1) is 17.1 Å². The predicted octanol–water partition coefficient (Wildman–Crippen LogP) is 5.21. The minimum Gasteiger partial charge on any atom is -0.412 e. The molecular formula is C28H24N6O3S. The van der Waals surface area contributed by atoms with Gasteiger partial charge in [-0.3, -0.25) is 14.6 Å². The lowest BCUT2D eigenvalue weighted by molar-refractivity contribution is 0.101. The second-order valence-electron chi connectivity index (χ2n) is 8.06. The van der Waals surface area contributed by atoms with Gasteiger partial charge in [-0.2, -0.15) is 0 Å². The van der Waals surface area contributed by atoms with Gasteiger partial charge in [0.15, 0.2) is 5.13 Å². The molecule has 3 aromatic carbocycles. The summed E-state index contributed by atoms with van der Waals surface area (Å²) in [5.41, 5.74) is 10.9. The van der Waals surface area contributed by atoms with E-state index in [2.05, 4.69) is 25.9 Å². The van der Waals surface area contributed by atoms with Gasteiger partial charge in [-0.25, -0.2) is 4.98 Å². The molecule has 190 valence electrons. The number of para-hydroxylation sites is 2. The summed E-state index contributed by atoms with van der Waals surface area (Å²) >= 11 is 1.48. The van der Waals surface area contributed by atoms with E-state index in [0.717, 1.165) is 22.1 Å². The highest BCUT2D eigenvalue weighted by Crippen LogP contribution is 2.27. The lowest BCUT2D eigenvalue weighted by Crippen LogP contribution is -2.15. The Morgan fingerprint density at radius 1 is 0.789 bits per heavy atom. The third-order valence-corrected chi connectivity index (χ3v) is 6.21. The zero-order chi connectivity index (χ0) is 25.6. The normalized spacial score (nSPS) is 10.2. The van der Waals surface area contributed by atoms with E-state index in [4.69, 9.17) is 5.73 Å². The molecule has 5 rings (SSSR count). The molecule has 0 saturated carbocycles. The smallest absolute Gasteiger partial charge is 0.255 e. The number of rotatable bonds is 7. The molecular weight excluding hydrogens is 500 g/mol. The third-order valence-electron chi connectivity index (χ3n) is 5.45. The van der Waals surface area contributed by atoms with Crippen molar-refractivity contribution in [1.29, 1.82) is 0 Å². The summed E-state index contributed by atoms with van der Waals surface area (Å²) in [6.45, 7) is 0. The fraction of sp³-hybridized carbons (Fsp3) is 0. The number of nitrogens with zero attached hydrogens (tertiary/aromatic N) is 2. The van der Waals surface area contributed by atoms with Crippen LogP contribution in [0.3, 0.4) is 0 Å². The van der Waals surface area contributed by atoms with Crippen LogP contribution in [0.4, 0.5) is 27.9 Å². The number of carbonyl (C=O) groups is 2. The first-order chi connectivity index (χ1) is 18.0. The molecule has 0 saturated heterocycles. The number of nitrogens with two attached hydrogens (primary N) is 1. The monoisotopic (exact) mass is 524 g/mol. The Morgan fingerprint density at radius 2 is 1.50 bits per heavy atom. The highest BCUT2D eigenvalue weighted by atomic mass is 32.1. The maximum absolute atomic E-state index is 12.8. The van der Waals surface area contributed by atoms with E-state index in [0.29, 0.717) is 28.2 Å². The highest BCUT2D eigenvalue weighted by molar-refractivity contribution is 7.14. The number of nitrogen functional groups attached to an aromatic ring is 1. The van der Waals surface area contributed by atoms with E-state index in [1.807, 2.05) is 35.7 Å². The number of pyridine rings is 1. The molecule has 38 heavy (non-hydrogen) atoms. The van der Waals surface area contributed by atoms with E-state index in [1.54, 1.807) is 67.0 Å². The maximum atomic E-state index is 12.8. The topological polar surface area (TPSA) is 154 Å². The first-order valence-electron chi connectivity index (χ1n) is 11.4. The summed E-state index contributed by atoms with van der Waals surface area (Å²) in [5, 5.41) is 11.6. The van der Waals surface area contributed by atoms with E-state index in [9.17, 15) is 9.59 Å². The van der Waals surface area contributed by atoms with Crippen LogP contribution in [0.15, 0.2) is 103 Å². The van der Waals surface area contributed by atoms with Crippen molar-refractivity contribution in [3.8, 4) is 11.3 Å². The molecule has 0 aliphatic carbocycles. The van der Waals surface area contributed by atoms with Crippen LogP contribution in [0.1, 0.15) is 20.7 Å². The summed E-state index contributed by atoms with van der Waals surface area (Å²) in [5.74, 6) is -0.595. The van der Waals surface area contributed by atoms with Crippen molar-refractivity contribution >= 4 is 51.0 Å². The van der Waals surface area contributed by atoms with Crippen molar-refractivity contribution in [3.05, 3.63) is 114 Å². The van der Waals surface area contributed by atoms with Gasteiger partial charge in [0.2, 0.25) is 0 Å². The Bertz CT molecular complexity index is 1550. The Kier molecular flexibility index (Phi) is 8.07. The van der Waals surface area contributed by atoms with Crippen molar-refractivity contribution in [3.63, 3.8) is 0 Å². The largest absolute Gasteiger partial charge is 0.412 e. The summed E-state index contributed by atoms with van der Waals surface area (Å²) in [7, 11) is 0. The maximum Gasteiger partial charge on any atom is 0.255 e. The molecule has 0 fully saturated rings. The molecule has 0 aliphatic rings. The van der Waals surface area contributed by atoms with Crippen LogP contribution in [0.25, 0.3) is 11.3 Å².